The van der Waals surface area contributed by atoms with Gasteiger partial charge in [0.2, 0.25) is 5.95 Å². The van der Waals surface area contributed by atoms with Crippen LogP contribution in [0, 0.1) is 0 Å². The number of anilines is 7. The van der Waals surface area contributed by atoms with E-state index < -0.39 is 11.7 Å². The molecule has 0 radical (unpaired) electrons. The summed E-state index contributed by atoms with van der Waals surface area (Å²) in [5, 5.41) is 9.61. The zero-order valence-electron chi connectivity index (χ0n) is 28.4. The highest BCUT2D eigenvalue weighted by Crippen LogP contribution is 2.42. The minimum atomic E-state index is -0.652. The van der Waals surface area contributed by atoms with Crippen LogP contribution >= 0.6 is 0 Å². The van der Waals surface area contributed by atoms with Crippen molar-refractivity contribution in [2.75, 3.05) is 65.5 Å². The van der Waals surface area contributed by atoms with Crippen LogP contribution in [0.2, 0.25) is 0 Å². The molecule has 3 N–H and O–H groups in total. The van der Waals surface area contributed by atoms with Gasteiger partial charge in [0.25, 0.3) is 0 Å². The summed E-state index contributed by atoms with van der Waals surface area (Å²) < 4.78 is 5.47. The molecule has 0 spiro atoms. The van der Waals surface area contributed by atoms with Gasteiger partial charge in [-0.1, -0.05) is 24.3 Å². The van der Waals surface area contributed by atoms with Crippen LogP contribution in [0.4, 0.5) is 49.8 Å². The predicted octanol–water partition coefficient (Wildman–Crippen LogP) is 6.95. The molecule has 3 aromatic carbocycles. The number of benzene rings is 3. The van der Waals surface area contributed by atoms with Crippen molar-refractivity contribution in [2.24, 2.45) is 0 Å². The topological polar surface area (TPSA) is 118 Å². The van der Waals surface area contributed by atoms with Crippen LogP contribution in [0.25, 0.3) is 0 Å². The van der Waals surface area contributed by atoms with E-state index in [1.807, 2.05) is 62.1 Å². The molecule has 3 aliphatic rings. The third-order valence-electron chi connectivity index (χ3n) is 9.00. The average Bonchev–Trinajstić information content (AvgIpc) is 3.08. The Balaban J connectivity index is 1.20. The zero-order chi connectivity index (χ0) is 34.1. The summed E-state index contributed by atoms with van der Waals surface area (Å²) in [5.74, 6) is 0.872. The minimum absolute atomic E-state index is 0.139. The number of nitrogens with one attached hydrogen (secondary N) is 3. The number of hydrogen-bond acceptors (Lipinski definition) is 9. The Hall–Kier alpha value is -5.36. The molecule has 12 heteroatoms. The number of urea groups is 1. The molecule has 12 nitrogen and oxygen atoms in total. The molecule has 1 aromatic heterocycles. The van der Waals surface area contributed by atoms with Gasteiger partial charge in [0, 0.05) is 67.2 Å². The standard InChI is InChI=1S/C37H43N9O3/c1-37(2,3)49-35(47)41-27-8-7-9-29(22-27)46-33-25(24-45(36(46)48)32-16-17-38-31-11-6-5-10-30(31)32)23-39-34(42-33)40-26-12-14-28(15-13-26)44-20-18-43(4)19-21-44/h5-15,22-23,32,38H,16-21,24H2,1-4H3,(H,41,47)(H,39,40,42). The lowest BCUT2D eigenvalue weighted by Gasteiger charge is -2.42. The first-order chi connectivity index (χ1) is 23.6. The van der Waals surface area contributed by atoms with Crippen LogP contribution in [0.1, 0.15) is 44.4 Å². The van der Waals surface area contributed by atoms with Gasteiger partial charge in [0.05, 0.1) is 18.3 Å². The number of ether oxygens (including phenoxy) is 1. The Morgan fingerprint density at radius 2 is 1.71 bits per heavy atom. The van der Waals surface area contributed by atoms with Crippen LogP contribution in [-0.4, -0.2) is 77.3 Å². The van der Waals surface area contributed by atoms with E-state index in [0.717, 1.165) is 61.6 Å². The number of para-hydroxylation sites is 1. The van der Waals surface area contributed by atoms with Crippen molar-refractivity contribution >= 4 is 52.3 Å². The summed E-state index contributed by atoms with van der Waals surface area (Å²) in [5.41, 5.74) is 5.36. The first-order valence-corrected chi connectivity index (χ1v) is 16.8. The maximum absolute atomic E-state index is 14.6. The molecule has 4 aromatic rings. The molecule has 0 aliphatic carbocycles. The van der Waals surface area contributed by atoms with E-state index in [2.05, 4.69) is 56.0 Å². The molecule has 4 heterocycles. The van der Waals surface area contributed by atoms with Crippen molar-refractivity contribution in [1.29, 1.82) is 0 Å². The Kier molecular flexibility index (Phi) is 8.72. The number of hydrogen-bond donors (Lipinski definition) is 3. The van der Waals surface area contributed by atoms with Crippen molar-refractivity contribution in [3.8, 4) is 0 Å². The molecule has 0 saturated carbocycles. The molecule has 254 valence electrons. The SMILES string of the molecule is CN1CCN(c2ccc(Nc3ncc4c(n3)N(c3cccc(NC(=O)OC(C)(C)C)c3)C(=O)N(C3CCNc5ccccc53)C4)cc2)CC1. The monoisotopic (exact) mass is 661 g/mol. The predicted molar refractivity (Wildman–Crippen MR) is 193 cm³/mol. The number of carbonyl (C=O) groups excluding carboxylic acids is 2. The van der Waals surface area contributed by atoms with Gasteiger partial charge in [-0.2, -0.15) is 4.98 Å². The highest BCUT2D eigenvalue weighted by molar-refractivity contribution is 6.02. The molecule has 0 bridgehead atoms. The van der Waals surface area contributed by atoms with Crippen molar-refractivity contribution in [3.63, 3.8) is 0 Å². The van der Waals surface area contributed by atoms with E-state index in [1.54, 1.807) is 29.3 Å². The van der Waals surface area contributed by atoms with Gasteiger partial charge < -0.3 is 30.1 Å². The number of fused-ring (bicyclic) bond motifs is 2. The summed E-state index contributed by atoms with van der Waals surface area (Å²) in [6, 6.07) is 23.2. The maximum atomic E-state index is 14.6. The Morgan fingerprint density at radius 3 is 2.49 bits per heavy atom. The van der Waals surface area contributed by atoms with E-state index in [-0.39, 0.29) is 12.1 Å². The normalized spacial score (nSPS) is 17.9. The second-order valence-corrected chi connectivity index (χ2v) is 13.7. The summed E-state index contributed by atoms with van der Waals surface area (Å²) in [6.07, 6.45) is 1.98. The van der Waals surface area contributed by atoms with E-state index >= 15 is 0 Å². The molecule has 49 heavy (non-hydrogen) atoms. The highest BCUT2D eigenvalue weighted by Gasteiger charge is 2.39. The summed E-state index contributed by atoms with van der Waals surface area (Å²) in [6.45, 7) is 10.6. The fourth-order valence-corrected chi connectivity index (χ4v) is 6.57. The Labute approximate surface area is 287 Å². The second kappa shape index (κ2) is 13.3. The summed E-state index contributed by atoms with van der Waals surface area (Å²) in [4.78, 5) is 45.1. The van der Waals surface area contributed by atoms with E-state index in [4.69, 9.17) is 9.72 Å². The van der Waals surface area contributed by atoms with Crippen molar-refractivity contribution in [3.05, 3.63) is 90.1 Å². The molecule has 3 amide bonds. The van der Waals surface area contributed by atoms with Gasteiger partial charge in [-0.3, -0.25) is 5.32 Å². The number of likely N-dealkylation sites (N-methyl/N-ethyl adjacent to an activating group) is 1. The van der Waals surface area contributed by atoms with Crippen molar-refractivity contribution < 1.29 is 14.3 Å². The fraction of sp³-hybridized carbons (Fsp3) is 0.351. The van der Waals surface area contributed by atoms with Crippen LogP contribution in [0.5, 0.6) is 0 Å². The Bertz CT molecular complexity index is 1830. The number of aromatic nitrogens is 2. The average molecular weight is 662 g/mol. The molecule has 1 atom stereocenters. The second-order valence-electron chi connectivity index (χ2n) is 13.7. The maximum Gasteiger partial charge on any atom is 0.412 e. The first-order valence-electron chi connectivity index (χ1n) is 16.8. The number of rotatable bonds is 6. The van der Waals surface area contributed by atoms with Crippen LogP contribution in [0.3, 0.4) is 0 Å². The van der Waals surface area contributed by atoms with Gasteiger partial charge >= 0.3 is 12.1 Å². The largest absolute Gasteiger partial charge is 0.444 e. The Morgan fingerprint density at radius 1 is 0.939 bits per heavy atom. The summed E-state index contributed by atoms with van der Waals surface area (Å²) in [7, 11) is 2.15. The lowest BCUT2D eigenvalue weighted by Crippen LogP contribution is -2.48. The smallest absolute Gasteiger partial charge is 0.412 e. The minimum Gasteiger partial charge on any atom is -0.444 e. The van der Waals surface area contributed by atoms with Crippen molar-refractivity contribution in [2.45, 2.75) is 45.4 Å². The number of carbonyl (C=O) groups is 2. The summed E-state index contributed by atoms with van der Waals surface area (Å²) >= 11 is 0. The van der Waals surface area contributed by atoms with Crippen molar-refractivity contribution in [1.82, 2.24) is 19.8 Å². The van der Waals surface area contributed by atoms with Gasteiger partial charge in [-0.05, 0) is 88.3 Å². The number of piperazine rings is 1. The lowest BCUT2D eigenvalue weighted by atomic mass is 9.95. The molecule has 7 rings (SSSR count). The third-order valence-corrected chi connectivity index (χ3v) is 9.00. The quantitative estimate of drug-likeness (QED) is 0.202. The zero-order valence-corrected chi connectivity index (χ0v) is 28.4. The van der Waals surface area contributed by atoms with Crippen LogP contribution < -0.4 is 25.8 Å². The van der Waals surface area contributed by atoms with E-state index in [0.29, 0.717) is 29.7 Å². The van der Waals surface area contributed by atoms with Gasteiger partial charge in [0.1, 0.15) is 5.60 Å². The van der Waals surface area contributed by atoms with E-state index in [1.165, 1.54) is 5.69 Å². The number of amides is 3. The molecule has 3 aliphatic heterocycles. The first kappa shape index (κ1) is 32.2. The molecule has 1 unspecified atom stereocenters. The highest BCUT2D eigenvalue weighted by atomic mass is 16.6. The van der Waals surface area contributed by atoms with Gasteiger partial charge in [-0.15, -0.1) is 0 Å². The van der Waals surface area contributed by atoms with E-state index in [9.17, 15) is 9.59 Å². The fourth-order valence-electron chi connectivity index (χ4n) is 6.57. The van der Waals surface area contributed by atoms with Gasteiger partial charge in [0.15, 0.2) is 5.82 Å². The molecular formula is C37H43N9O3. The van der Waals surface area contributed by atoms with Crippen LogP contribution in [-0.2, 0) is 11.3 Å². The lowest BCUT2D eigenvalue weighted by molar-refractivity contribution is 0.0636. The molecular weight excluding hydrogens is 618 g/mol. The third kappa shape index (κ3) is 7.09. The number of nitrogens with zero attached hydrogens (tertiary/aromatic N) is 6. The molecule has 1 fully saturated rings. The van der Waals surface area contributed by atoms with Crippen LogP contribution in [0.15, 0.2) is 79.0 Å². The van der Waals surface area contributed by atoms with Gasteiger partial charge in [-0.25, -0.2) is 19.5 Å². The molecule has 1 saturated heterocycles.